The number of aryl methyl sites for hydroxylation is 3. The van der Waals surface area contributed by atoms with E-state index in [9.17, 15) is 0 Å². The minimum atomic E-state index is 0.658. The third-order valence-corrected chi connectivity index (χ3v) is 6.28. The molecule has 1 aromatic heterocycles. The number of aromatic nitrogens is 2. The normalized spacial score (nSPS) is 15.4. The third kappa shape index (κ3) is 5.04. The molecule has 1 fully saturated rings. The number of nitrogens with zero attached hydrogens (tertiary/aromatic N) is 3. The number of para-hydroxylation sites is 3. The van der Waals surface area contributed by atoms with Gasteiger partial charge in [0.15, 0.2) is 0 Å². The number of benzene rings is 2. The highest BCUT2D eigenvalue weighted by atomic mass is 16.5. The number of likely N-dealkylation sites (tertiary alicyclic amines) is 1. The largest absolute Gasteiger partial charge is 0.491 e. The van der Waals surface area contributed by atoms with E-state index < -0.39 is 0 Å². The van der Waals surface area contributed by atoms with Crippen LogP contribution in [0, 0.1) is 13.8 Å². The first-order valence-corrected chi connectivity index (χ1v) is 11.6. The van der Waals surface area contributed by atoms with Crippen LogP contribution in [0.25, 0.3) is 11.0 Å². The number of hydrogen-bond donors (Lipinski definition) is 0. The van der Waals surface area contributed by atoms with Gasteiger partial charge in [-0.1, -0.05) is 43.2 Å². The van der Waals surface area contributed by atoms with Gasteiger partial charge in [0.05, 0.1) is 17.6 Å². The molecule has 30 heavy (non-hydrogen) atoms. The molecular formula is C26H35N3O. The third-order valence-electron chi connectivity index (χ3n) is 6.28. The summed E-state index contributed by atoms with van der Waals surface area (Å²) in [6, 6.07) is 14.8. The summed E-state index contributed by atoms with van der Waals surface area (Å²) in [5.74, 6) is 2.21. The molecule has 0 bridgehead atoms. The van der Waals surface area contributed by atoms with Crippen LogP contribution >= 0.6 is 0 Å². The van der Waals surface area contributed by atoms with Crippen molar-refractivity contribution in [2.24, 2.45) is 0 Å². The van der Waals surface area contributed by atoms with Crippen LogP contribution in [0.3, 0.4) is 0 Å². The molecule has 0 aliphatic carbocycles. The number of hydrogen-bond acceptors (Lipinski definition) is 3. The zero-order chi connectivity index (χ0) is 20.8. The van der Waals surface area contributed by atoms with Gasteiger partial charge in [-0.15, -0.1) is 0 Å². The van der Waals surface area contributed by atoms with E-state index >= 15 is 0 Å². The molecule has 0 radical (unpaired) electrons. The van der Waals surface area contributed by atoms with E-state index in [2.05, 4.69) is 65.8 Å². The van der Waals surface area contributed by atoms with Crippen molar-refractivity contribution >= 4 is 11.0 Å². The molecular weight excluding hydrogens is 370 g/mol. The monoisotopic (exact) mass is 405 g/mol. The zero-order valence-corrected chi connectivity index (χ0v) is 18.6. The molecule has 4 rings (SSSR count). The fourth-order valence-electron chi connectivity index (χ4n) is 4.65. The summed E-state index contributed by atoms with van der Waals surface area (Å²) in [4.78, 5) is 7.61. The van der Waals surface area contributed by atoms with Crippen LogP contribution in [0.4, 0.5) is 0 Å². The fourth-order valence-corrected chi connectivity index (χ4v) is 4.65. The highest BCUT2D eigenvalue weighted by Gasteiger charge is 2.13. The van der Waals surface area contributed by atoms with Crippen LogP contribution in [-0.2, 0) is 13.0 Å². The van der Waals surface area contributed by atoms with Crippen molar-refractivity contribution in [1.29, 1.82) is 0 Å². The molecule has 0 unspecified atom stereocenters. The molecule has 0 amide bonds. The lowest BCUT2D eigenvalue weighted by atomic mass is 10.1. The average Bonchev–Trinajstić information content (AvgIpc) is 2.90. The second kappa shape index (κ2) is 10.1. The Morgan fingerprint density at radius 3 is 2.37 bits per heavy atom. The molecule has 1 saturated heterocycles. The van der Waals surface area contributed by atoms with Crippen LogP contribution < -0.4 is 4.74 Å². The first kappa shape index (κ1) is 20.9. The van der Waals surface area contributed by atoms with Crippen LogP contribution in [-0.4, -0.2) is 40.7 Å². The molecule has 1 aliphatic heterocycles. The van der Waals surface area contributed by atoms with E-state index in [0.29, 0.717) is 6.61 Å². The molecule has 2 heterocycles. The number of rotatable bonds is 8. The van der Waals surface area contributed by atoms with Gasteiger partial charge in [-0.25, -0.2) is 4.98 Å². The van der Waals surface area contributed by atoms with Crippen LogP contribution in [0.5, 0.6) is 5.75 Å². The lowest BCUT2D eigenvalue weighted by molar-refractivity contribution is 0.278. The van der Waals surface area contributed by atoms with Crippen molar-refractivity contribution < 1.29 is 4.74 Å². The predicted molar refractivity (Wildman–Crippen MR) is 124 cm³/mol. The number of imidazole rings is 1. The Morgan fingerprint density at radius 2 is 1.60 bits per heavy atom. The Hall–Kier alpha value is -2.33. The van der Waals surface area contributed by atoms with Gasteiger partial charge in [0.25, 0.3) is 0 Å². The Labute approximate surface area is 180 Å². The summed E-state index contributed by atoms with van der Waals surface area (Å²) in [6.07, 6.45) is 7.69. The van der Waals surface area contributed by atoms with Crippen LogP contribution in [0.15, 0.2) is 42.5 Å². The van der Waals surface area contributed by atoms with Crippen molar-refractivity contribution in [3.05, 3.63) is 59.4 Å². The van der Waals surface area contributed by atoms with Gasteiger partial charge in [-0.05, 0) is 76.0 Å². The first-order chi connectivity index (χ1) is 14.7. The van der Waals surface area contributed by atoms with Gasteiger partial charge >= 0.3 is 0 Å². The number of ether oxygens (including phenoxy) is 1. The minimum absolute atomic E-state index is 0.658. The van der Waals surface area contributed by atoms with E-state index in [-0.39, 0.29) is 0 Å². The molecule has 0 spiro atoms. The predicted octanol–water partition coefficient (Wildman–Crippen LogP) is 5.54. The second-order valence-corrected chi connectivity index (χ2v) is 8.60. The lowest BCUT2D eigenvalue weighted by Crippen LogP contribution is -2.26. The van der Waals surface area contributed by atoms with E-state index in [0.717, 1.165) is 24.2 Å². The Bertz CT molecular complexity index is 934. The molecule has 2 aromatic carbocycles. The molecule has 4 heteroatoms. The molecule has 0 saturated carbocycles. The fraction of sp³-hybridized carbons (Fsp3) is 0.500. The summed E-state index contributed by atoms with van der Waals surface area (Å²) >= 11 is 0. The topological polar surface area (TPSA) is 30.3 Å². The van der Waals surface area contributed by atoms with Gasteiger partial charge in [-0.2, -0.15) is 0 Å². The van der Waals surface area contributed by atoms with E-state index in [1.54, 1.807) is 0 Å². The van der Waals surface area contributed by atoms with Crippen molar-refractivity contribution in [2.45, 2.75) is 58.9 Å². The Morgan fingerprint density at radius 1 is 0.867 bits per heavy atom. The standard InChI is InChI=1S/C26H35N3O/c1-21-11-9-12-22(2)26(21)30-20-19-29-24-14-6-5-13-23(24)27-25(29)15-10-18-28-16-7-3-4-8-17-28/h5-6,9,11-14H,3-4,7-8,10,15-20H2,1-2H3. The van der Waals surface area contributed by atoms with Crippen LogP contribution in [0.2, 0.25) is 0 Å². The first-order valence-electron chi connectivity index (χ1n) is 11.6. The summed E-state index contributed by atoms with van der Waals surface area (Å²) in [6.45, 7) is 9.42. The van der Waals surface area contributed by atoms with Gasteiger partial charge in [0.1, 0.15) is 18.2 Å². The van der Waals surface area contributed by atoms with Crippen molar-refractivity contribution in [3.63, 3.8) is 0 Å². The quantitative estimate of drug-likeness (QED) is 0.493. The maximum atomic E-state index is 6.20. The molecule has 0 N–H and O–H groups in total. The van der Waals surface area contributed by atoms with Crippen molar-refractivity contribution in [2.75, 3.05) is 26.2 Å². The maximum absolute atomic E-state index is 6.20. The lowest BCUT2D eigenvalue weighted by Gasteiger charge is -2.19. The summed E-state index contributed by atoms with van der Waals surface area (Å²) in [5.41, 5.74) is 4.70. The maximum Gasteiger partial charge on any atom is 0.125 e. The Kier molecular flexibility index (Phi) is 7.06. The highest BCUT2D eigenvalue weighted by molar-refractivity contribution is 5.75. The second-order valence-electron chi connectivity index (χ2n) is 8.60. The van der Waals surface area contributed by atoms with E-state index in [1.807, 2.05) is 0 Å². The minimum Gasteiger partial charge on any atom is -0.491 e. The van der Waals surface area contributed by atoms with Gasteiger partial charge < -0.3 is 14.2 Å². The molecule has 0 atom stereocenters. The smallest absolute Gasteiger partial charge is 0.125 e. The molecule has 4 nitrogen and oxygen atoms in total. The van der Waals surface area contributed by atoms with Crippen LogP contribution in [0.1, 0.15) is 49.1 Å². The van der Waals surface area contributed by atoms with Crippen molar-refractivity contribution in [3.8, 4) is 5.75 Å². The molecule has 3 aromatic rings. The van der Waals surface area contributed by atoms with E-state index in [4.69, 9.17) is 9.72 Å². The summed E-state index contributed by atoms with van der Waals surface area (Å²) < 4.78 is 8.57. The van der Waals surface area contributed by atoms with Gasteiger partial charge in [0.2, 0.25) is 0 Å². The average molecular weight is 406 g/mol. The van der Waals surface area contributed by atoms with Gasteiger partial charge in [0, 0.05) is 6.42 Å². The van der Waals surface area contributed by atoms with Crippen molar-refractivity contribution in [1.82, 2.24) is 14.5 Å². The summed E-state index contributed by atoms with van der Waals surface area (Å²) in [7, 11) is 0. The Balaban J connectivity index is 1.42. The van der Waals surface area contributed by atoms with Gasteiger partial charge in [-0.3, -0.25) is 0 Å². The highest BCUT2D eigenvalue weighted by Crippen LogP contribution is 2.23. The molecule has 160 valence electrons. The molecule has 1 aliphatic rings. The zero-order valence-electron chi connectivity index (χ0n) is 18.6. The van der Waals surface area contributed by atoms with E-state index in [1.165, 1.54) is 74.2 Å². The number of fused-ring (bicyclic) bond motifs is 1. The SMILES string of the molecule is Cc1cccc(C)c1OCCn1c(CCCN2CCCCCC2)nc2ccccc21. The summed E-state index contributed by atoms with van der Waals surface area (Å²) in [5, 5.41) is 0.